The summed E-state index contributed by atoms with van der Waals surface area (Å²) in [4.78, 5) is 12.2. The van der Waals surface area contributed by atoms with Crippen molar-refractivity contribution in [3.05, 3.63) is 53.3 Å². The zero-order valence-corrected chi connectivity index (χ0v) is 16.9. The molecule has 1 N–H and O–H groups in total. The summed E-state index contributed by atoms with van der Waals surface area (Å²) in [7, 11) is 1.61. The van der Waals surface area contributed by atoms with Crippen molar-refractivity contribution in [3.8, 4) is 17.1 Å². The summed E-state index contributed by atoms with van der Waals surface area (Å²) in [5.74, 6) is 0.784. The predicted molar refractivity (Wildman–Crippen MR) is 108 cm³/mol. The van der Waals surface area contributed by atoms with Gasteiger partial charge in [-0.3, -0.25) is 4.79 Å². The lowest BCUT2D eigenvalue weighted by Crippen LogP contribution is -2.14. The van der Waals surface area contributed by atoms with Crippen LogP contribution in [0.3, 0.4) is 0 Å². The standard InChI is InChI=1S/C19H18ClFN4O2S/c1-3-25-18(12-5-4-6-14(9-12)27-2)23-24-19(25)28-11-17(26)22-13-7-8-16(21)15(20)10-13/h4-10H,3,11H2,1-2H3,(H,22,26). The third-order valence-electron chi connectivity index (χ3n) is 3.90. The van der Waals surface area contributed by atoms with E-state index in [1.54, 1.807) is 7.11 Å². The molecule has 0 saturated heterocycles. The van der Waals surface area contributed by atoms with Crippen LogP contribution in [0.5, 0.6) is 5.75 Å². The lowest BCUT2D eigenvalue weighted by atomic mass is 10.2. The van der Waals surface area contributed by atoms with Gasteiger partial charge >= 0.3 is 0 Å². The van der Waals surface area contributed by atoms with Crippen LogP contribution >= 0.6 is 23.4 Å². The van der Waals surface area contributed by atoms with E-state index in [0.29, 0.717) is 23.2 Å². The summed E-state index contributed by atoms with van der Waals surface area (Å²) in [6, 6.07) is 11.6. The fourth-order valence-electron chi connectivity index (χ4n) is 2.56. The minimum atomic E-state index is -0.532. The molecule has 0 spiro atoms. The number of hydrogen-bond donors (Lipinski definition) is 1. The molecule has 3 rings (SSSR count). The lowest BCUT2D eigenvalue weighted by Gasteiger charge is -2.09. The highest BCUT2D eigenvalue weighted by Gasteiger charge is 2.15. The number of halogens is 2. The van der Waals surface area contributed by atoms with E-state index in [-0.39, 0.29) is 16.7 Å². The van der Waals surface area contributed by atoms with Gasteiger partial charge in [0.1, 0.15) is 11.6 Å². The van der Waals surface area contributed by atoms with Crippen LogP contribution < -0.4 is 10.1 Å². The molecular weight excluding hydrogens is 403 g/mol. The number of anilines is 1. The topological polar surface area (TPSA) is 69.0 Å². The van der Waals surface area contributed by atoms with Gasteiger partial charge in [-0.05, 0) is 37.3 Å². The number of methoxy groups -OCH3 is 1. The molecule has 0 atom stereocenters. The smallest absolute Gasteiger partial charge is 0.234 e. The highest BCUT2D eigenvalue weighted by molar-refractivity contribution is 7.99. The van der Waals surface area contributed by atoms with E-state index in [0.717, 1.165) is 11.3 Å². The Morgan fingerprint density at radius 3 is 2.82 bits per heavy atom. The van der Waals surface area contributed by atoms with E-state index >= 15 is 0 Å². The molecule has 6 nitrogen and oxygen atoms in total. The maximum absolute atomic E-state index is 13.2. The molecule has 28 heavy (non-hydrogen) atoms. The molecule has 9 heteroatoms. The molecule has 0 radical (unpaired) electrons. The van der Waals surface area contributed by atoms with Crippen LogP contribution in [0, 0.1) is 5.82 Å². The Kier molecular flexibility index (Phi) is 6.53. The monoisotopic (exact) mass is 420 g/mol. The summed E-state index contributed by atoms with van der Waals surface area (Å²) in [5, 5.41) is 11.7. The number of rotatable bonds is 7. The van der Waals surface area contributed by atoms with E-state index in [2.05, 4.69) is 15.5 Å². The van der Waals surface area contributed by atoms with E-state index in [1.807, 2.05) is 35.8 Å². The van der Waals surface area contributed by atoms with Crippen molar-refractivity contribution in [2.24, 2.45) is 0 Å². The van der Waals surface area contributed by atoms with Crippen LogP contribution in [-0.4, -0.2) is 33.5 Å². The van der Waals surface area contributed by atoms with Crippen molar-refractivity contribution in [2.45, 2.75) is 18.6 Å². The van der Waals surface area contributed by atoms with Crippen molar-refractivity contribution in [2.75, 3.05) is 18.2 Å². The van der Waals surface area contributed by atoms with Gasteiger partial charge in [-0.15, -0.1) is 10.2 Å². The predicted octanol–water partition coefficient (Wildman–Crippen LogP) is 4.50. The third kappa shape index (κ3) is 4.63. The molecule has 1 amide bonds. The average molecular weight is 421 g/mol. The molecule has 2 aromatic carbocycles. The second-order valence-electron chi connectivity index (χ2n) is 5.75. The van der Waals surface area contributed by atoms with Gasteiger partial charge in [0, 0.05) is 17.8 Å². The molecule has 0 fully saturated rings. The van der Waals surface area contributed by atoms with Gasteiger partial charge in [-0.25, -0.2) is 4.39 Å². The summed E-state index contributed by atoms with van der Waals surface area (Å²) in [5.41, 5.74) is 1.32. The highest BCUT2D eigenvalue weighted by Crippen LogP contribution is 2.27. The molecule has 146 valence electrons. The van der Waals surface area contributed by atoms with Crippen LogP contribution in [0.4, 0.5) is 10.1 Å². The van der Waals surface area contributed by atoms with Gasteiger partial charge in [0.25, 0.3) is 0 Å². The molecular formula is C19H18ClFN4O2S. The summed E-state index contributed by atoms with van der Waals surface area (Å²) in [6.07, 6.45) is 0. The molecule has 0 bridgehead atoms. The number of nitrogens with zero attached hydrogens (tertiary/aromatic N) is 3. The Labute approximate surface area is 171 Å². The molecule has 0 unspecified atom stereocenters. The first-order valence-electron chi connectivity index (χ1n) is 8.47. The number of amides is 1. The fraction of sp³-hybridized carbons (Fsp3) is 0.211. The number of nitrogens with one attached hydrogen (secondary N) is 1. The minimum Gasteiger partial charge on any atom is -0.497 e. The zero-order chi connectivity index (χ0) is 20.1. The molecule has 3 aromatic rings. The van der Waals surface area contributed by atoms with Gasteiger partial charge in [-0.1, -0.05) is 35.5 Å². The molecule has 1 aromatic heterocycles. The molecule has 0 aliphatic rings. The van der Waals surface area contributed by atoms with Crippen molar-refractivity contribution in [3.63, 3.8) is 0 Å². The van der Waals surface area contributed by atoms with Crippen LogP contribution in [0.25, 0.3) is 11.4 Å². The average Bonchev–Trinajstić information content (AvgIpc) is 3.12. The number of ether oxygens (including phenoxy) is 1. The van der Waals surface area contributed by atoms with E-state index in [9.17, 15) is 9.18 Å². The number of thioether (sulfide) groups is 1. The van der Waals surface area contributed by atoms with E-state index in [1.165, 1.54) is 30.0 Å². The van der Waals surface area contributed by atoms with Crippen LogP contribution in [-0.2, 0) is 11.3 Å². The number of carbonyl (C=O) groups excluding carboxylic acids is 1. The third-order valence-corrected chi connectivity index (χ3v) is 5.15. The summed E-state index contributed by atoms with van der Waals surface area (Å²) >= 11 is 7.00. The van der Waals surface area contributed by atoms with Gasteiger partial charge in [0.2, 0.25) is 5.91 Å². The lowest BCUT2D eigenvalue weighted by molar-refractivity contribution is -0.113. The largest absolute Gasteiger partial charge is 0.497 e. The number of carbonyl (C=O) groups is 1. The zero-order valence-electron chi connectivity index (χ0n) is 15.3. The van der Waals surface area contributed by atoms with Gasteiger partial charge < -0.3 is 14.6 Å². The number of aromatic nitrogens is 3. The maximum Gasteiger partial charge on any atom is 0.234 e. The van der Waals surface area contributed by atoms with Crippen molar-refractivity contribution in [1.82, 2.24) is 14.8 Å². The maximum atomic E-state index is 13.2. The fourth-order valence-corrected chi connectivity index (χ4v) is 3.54. The van der Waals surface area contributed by atoms with Crippen molar-refractivity contribution in [1.29, 1.82) is 0 Å². The first kappa shape index (κ1) is 20.2. The van der Waals surface area contributed by atoms with E-state index < -0.39 is 5.82 Å². The van der Waals surface area contributed by atoms with Crippen molar-refractivity contribution < 1.29 is 13.9 Å². The van der Waals surface area contributed by atoms with Gasteiger partial charge in [-0.2, -0.15) is 0 Å². The first-order valence-corrected chi connectivity index (χ1v) is 9.83. The second kappa shape index (κ2) is 9.07. The highest BCUT2D eigenvalue weighted by atomic mass is 35.5. The molecule has 0 aliphatic heterocycles. The Balaban J connectivity index is 1.69. The molecule has 0 saturated carbocycles. The summed E-state index contributed by atoms with van der Waals surface area (Å²) < 4.78 is 20.4. The SMILES string of the molecule is CCn1c(SCC(=O)Nc2ccc(F)c(Cl)c2)nnc1-c1cccc(OC)c1. The minimum absolute atomic E-state index is 0.0425. The quantitative estimate of drug-likeness (QED) is 0.570. The van der Waals surface area contributed by atoms with Crippen LogP contribution in [0.2, 0.25) is 5.02 Å². The Morgan fingerprint density at radius 2 is 2.11 bits per heavy atom. The van der Waals surface area contributed by atoms with Crippen LogP contribution in [0.1, 0.15) is 6.92 Å². The molecule has 0 aliphatic carbocycles. The number of hydrogen-bond acceptors (Lipinski definition) is 5. The van der Waals surface area contributed by atoms with Crippen molar-refractivity contribution >= 4 is 35.0 Å². The number of benzene rings is 2. The van der Waals surface area contributed by atoms with Gasteiger partial charge in [0.05, 0.1) is 17.9 Å². The van der Waals surface area contributed by atoms with Gasteiger partial charge in [0.15, 0.2) is 11.0 Å². The van der Waals surface area contributed by atoms with Crippen LogP contribution in [0.15, 0.2) is 47.6 Å². The first-order chi connectivity index (χ1) is 13.5. The normalized spacial score (nSPS) is 10.7. The Bertz CT molecular complexity index is 996. The Hall–Kier alpha value is -2.58. The van der Waals surface area contributed by atoms with E-state index in [4.69, 9.17) is 16.3 Å². The summed E-state index contributed by atoms with van der Waals surface area (Å²) in [6.45, 7) is 2.63. The molecule has 1 heterocycles. The Morgan fingerprint density at radius 1 is 1.29 bits per heavy atom. The second-order valence-corrected chi connectivity index (χ2v) is 7.10.